The molecule has 3 aromatic rings. The summed E-state index contributed by atoms with van der Waals surface area (Å²) in [7, 11) is 1.92. The number of halogens is 1. The number of hydrogen-bond acceptors (Lipinski definition) is 2. The lowest BCUT2D eigenvalue weighted by molar-refractivity contribution is -0.121. The number of aryl methyl sites for hydroxylation is 1. The summed E-state index contributed by atoms with van der Waals surface area (Å²) in [5.74, 6) is 0.736. The van der Waals surface area contributed by atoms with Gasteiger partial charge in [0.2, 0.25) is 5.91 Å². The van der Waals surface area contributed by atoms with E-state index in [0.717, 1.165) is 17.0 Å². The third-order valence-corrected chi connectivity index (χ3v) is 4.08. The SMILES string of the molecule is Cn1ccnc1C(NC(=O)Cc1ccc(Cl)cc1)c1ccccc1. The Labute approximate surface area is 146 Å². The van der Waals surface area contributed by atoms with Gasteiger partial charge in [-0.25, -0.2) is 4.98 Å². The fourth-order valence-electron chi connectivity index (χ4n) is 2.60. The van der Waals surface area contributed by atoms with Gasteiger partial charge in [0, 0.05) is 24.5 Å². The molecule has 1 N–H and O–H groups in total. The molecule has 1 unspecified atom stereocenters. The van der Waals surface area contributed by atoms with Crippen LogP contribution in [0.5, 0.6) is 0 Å². The average Bonchev–Trinajstić information content (AvgIpc) is 3.01. The summed E-state index contributed by atoms with van der Waals surface area (Å²) < 4.78 is 1.92. The summed E-state index contributed by atoms with van der Waals surface area (Å²) in [6.45, 7) is 0. The lowest BCUT2D eigenvalue weighted by Crippen LogP contribution is -2.32. The topological polar surface area (TPSA) is 46.9 Å². The maximum Gasteiger partial charge on any atom is 0.225 e. The van der Waals surface area contributed by atoms with Crippen molar-refractivity contribution in [3.63, 3.8) is 0 Å². The number of hydrogen-bond donors (Lipinski definition) is 1. The molecule has 0 bridgehead atoms. The lowest BCUT2D eigenvalue weighted by atomic mass is 10.1. The molecule has 0 saturated heterocycles. The third-order valence-electron chi connectivity index (χ3n) is 3.83. The van der Waals surface area contributed by atoms with E-state index in [9.17, 15) is 4.79 Å². The highest BCUT2D eigenvalue weighted by Gasteiger charge is 2.20. The van der Waals surface area contributed by atoms with E-state index in [1.165, 1.54) is 0 Å². The second kappa shape index (κ2) is 7.32. The molecule has 0 aliphatic rings. The van der Waals surface area contributed by atoms with Gasteiger partial charge in [0.05, 0.1) is 6.42 Å². The first kappa shape index (κ1) is 16.3. The molecule has 1 heterocycles. The molecule has 0 fully saturated rings. The normalized spacial score (nSPS) is 11.9. The highest BCUT2D eigenvalue weighted by atomic mass is 35.5. The van der Waals surface area contributed by atoms with Gasteiger partial charge >= 0.3 is 0 Å². The van der Waals surface area contributed by atoms with Gasteiger partial charge in [0.1, 0.15) is 11.9 Å². The van der Waals surface area contributed by atoms with Crippen molar-refractivity contribution in [1.82, 2.24) is 14.9 Å². The Morgan fingerprint density at radius 2 is 1.88 bits per heavy atom. The number of benzene rings is 2. The van der Waals surface area contributed by atoms with Gasteiger partial charge in [0.15, 0.2) is 0 Å². The number of carbonyl (C=O) groups excluding carboxylic acids is 1. The summed E-state index contributed by atoms with van der Waals surface area (Å²) in [5.41, 5.74) is 1.92. The van der Waals surface area contributed by atoms with Gasteiger partial charge in [-0.05, 0) is 23.3 Å². The first-order valence-electron chi connectivity index (χ1n) is 7.69. The Hall–Kier alpha value is -2.59. The first-order valence-corrected chi connectivity index (χ1v) is 8.07. The van der Waals surface area contributed by atoms with Crippen molar-refractivity contribution in [1.29, 1.82) is 0 Å². The number of nitrogens with zero attached hydrogens (tertiary/aromatic N) is 2. The van der Waals surface area contributed by atoms with Crippen LogP contribution in [-0.2, 0) is 18.3 Å². The van der Waals surface area contributed by atoms with Crippen molar-refractivity contribution >= 4 is 17.5 Å². The third kappa shape index (κ3) is 3.84. The molecule has 0 radical (unpaired) electrons. The molecule has 0 saturated carbocycles. The number of carbonyl (C=O) groups is 1. The Morgan fingerprint density at radius 1 is 1.17 bits per heavy atom. The molecule has 2 aromatic carbocycles. The number of imidazole rings is 1. The molecule has 0 aliphatic carbocycles. The minimum Gasteiger partial charge on any atom is -0.342 e. The number of rotatable bonds is 5. The van der Waals surface area contributed by atoms with Crippen LogP contribution in [0.3, 0.4) is 0 Å². The number of aromatic nitrogens is 2. The molecule has 1 aromatic heterocycles. The zero-order valence-corrected chi connectivity index (χ0v) is 14.1. The maximum absolute atomic E-state index is 12.5. The van der Waals surface area contributed by atoms with E-state index in [4.69, 9.17) is 11.6 Å². The van der Waals surface area contributed by atoms with E-state index in [0.29, 0.717) is 11.4 Å². The second-order valence-corrected chi connectivity index (χ2v) is 6.05. The molecule has 3 rings (SSSR count). The Balaban J connectivity index is 1.80. The quantitative estimate of drug-likeness (QED) is 0.773. The van der Waals surface area contributed by atoms with Crippen LogP contribution in [0, 0.1) is 0 Å². The zero-order valence-electron chi connectivity index (χ0n) is 13.3. The number of nitrogens with one attached hydrogen (secondary N) is 1. The fraction of sp³-hybridized carbons (Fsp3) is 0.158. The lowest BCUT2D eigenvalue weighted by Gasteiger charge is -2.19. The zero-order chi connectivity index (χ0) is 16.9. The van der Waals surface area contributed by atoms with Crippen LogP contribution in [0.4, 0.5) is 0 Å². The van der Waals surface area contributed by atoms with Crippen LogP contribution in [0.25, 0.3) is 0 Å². The Bertz CT molecular complexity index is 812. The Kier molecular flexibility index (Phi) is 4.96. The minimum atomic E-state index is -0.286. The monoisotopic (exact) mass is 339 g/mol. The maximum atomic E-state index is 12.5. The van der Waals surface area contributed by atoms with Crippen molar-refractivity contribution in [2.75, 3.05) is 0 Å². The van der Waals surface area contributed by atoms with E-state index < -0.39 is 0 Å². The van der Waals surface area contributed by atoms with Gasteiger partial charge in [-0.3, -0.25) is 4.79 Å². The van der Waals surface area contributed by atoms with E-state index >= 15 is 0 Å². The molecular weight excluding hydrogens is 322 g/mol. The van der Waals surface area contributed by atoms with E-state index in [1.807, 2.05) is 60.3 Å². The summed E-state index contributed by atoms with van der Waals surface area (Å²) in [6, 6.07) is 16.9. The van der Waals surface area contributed by atoms with Crippen LogP contribution < -0.4 is 5.32 Å². The second-order valence-electron chi connectivity index (χ2n) is 5.61. The van der Waals surface area contributed by atoms with Gasteiger partial charge in [-0.1, -0.05) is 54.1 Å². The van der Waals surface area contributed by atoms with Gasteiger partial charge < -0.3 is 9.88 Å². The molecule has 24 heavy (non-hydrogen) atoms. The van der Waals surface area contributed by atoms with E-state index in [1.54, 1.807) is 18.3 Å². The average molecular weight is 340 g/mol. The first-order chi connectivity index (χ1) is 11.6. The van der Waals surface area contributed by atoms with Crippen molar-refractivity contribution < 1.29 is 4.79 Å². The van der Waals surface area contributed by atoms with Crippen molar-refractivity contribution in [3.8, 4) is 0 Å². The fourth-order valence-corrected chi connectivity index (χ4v) is 2.72. The summed E-state index contributed by atoms with van der Waals surface area (Å²) in [4.78, 5) is 16.9. The predicted octanol–water partition coefficient (Wildman–Crippen LogP) is 3.52. The standard InChI is InChI=1S/C19H18ClN3O/c1-23-12-11-21-19(23)18(15-5-3-2-4-6-15)22-17(24)13-14-7-9-16(20)10-8-14/h2-12,18H,13H2,1H3,(H,22,24). The minimum absolute atomic E-state index is 0.0609. The molecule has 4 nitrogen and oxygen atoms in total. The molecule has 0 spiro atoms. The molecule has 122 valence electrons. The summed E-state index contributed by atoms with van der Waals surface area (Å²) in [6.07, 6.45) is 3.90. The van der Waals surface area contributed by atoms with Crippen molar-refractivity contribution in [3.05, 3.63) is 89.0 Å². The van der Waals surface area contributed by atoms with Crippen LogP contribution >= 0.6 is 11.6 Å². The smallest absolute Gasteiger partial charge is 0.225 e. The van der Waals surface area contributed by atoms with Gasteiger partial charge in [-0.15, -0.1) is 0 Å². The van der Waals surface area contributed by atoms with Crippen LogP contribution in [0.15, 0.2) is 67.0 Å². The molecule has 0 aliphatic heterocycles. The molecule has 5 heteroatoms. The molecule has 1 amide bonds. The van der Waals surface area contributed by atoms with Crippen LogP contribution in [0.2, 0.25) is 5.02 Å². The largest absolute Gasteiger partial charge is 0.342 e. The number of amides is 1. The van der Waals surface area contributed by atoms with E-state index in [2.05, 4.69) is 10.3 Å². The molecule has 1 atom stereocenters. The summed E-state index contributed by atoms with van der Waals surface area (Å²) >= 11 is 5.89. The highest BCUT2D eigenvalue weighted by Crippen LogP contribution is 2.20. The van der Waals surface area contributed by atoms with Crippen molar-refractivity contribution in [2.45, 2.75) is 12.5 Å². The summed E-state index contributed by atoms with van der Waals surface area (Å²) in [5, 5.41) is 3.75. The molecular formula is C19H18ClN3O. The van der Waals surface area contributed by atoms with E-state index in [-0.39, 0.29) is 11.9 Å². The predicted molar refractivity (Wildman–Crippen MR) is 94.8 cm³/mol. The van der Waals surface area contributed by atoms with Crippen LogP contribution in [0.1, 0.15) is 23.0 Å². The van der Waals surface area contributed by atoms with Crippen molar-refractivity contribution in [2.24, 2.45) is 7.05 Å². The highest BCUT2D eigenvalue weighted by molar-refractivity contribution is 6.30. The van der Waals surface area contributed by atoms with Gasteiger partial charge in [0.25, 0.3) is 0 Å². The van der Waals surface area contributed by atoms with Crippen LogP contribution in [-0.4, -0.2) is 15.5 Å². The Morgan fingerprint density at radius 3 is 2.50 bits per heavy atom. The van der Waals surface area contributed by atoms with Gasteiger partial charge in [-0.2, -0.15) is 0 Å².